The Labute approximate surface area is 199 Å². The Kier molecular flexibility index (Phi) is 7.50. The molecule has 2 aliphatic carbocycles. The maximum atomic E-state index is 12.8. The van der Waals surface area contributed by atoms with Gasteiger partial charge in [0.05, 0.1) is 0 Å². The van der Waals surface area contributed by atoms with E-state index in [0.717, 1.165) is 35.1 Å². The van der Waals surface area contributed by atoms with Crippen molar-refractivity contribution in [3.05, 3.63) is 59.7 Å². The average molecular weight is 465 g/mol. The van der Waals surface area contributed by atoms with Crippen molar-refractivity contribution < 1.29 is 24.2 Å². The van der Waals surface area contributed by atoms with E-state index < -0.39 is 18.1 Å². The number of carboxylic acids is 1. The number of amides is 2. The molecule has 3 N–H and O–H groups in total. The third-order valence-corrected chi connectivity index (χ3v) is 6.69. The van der Waals surface area contributed by atoms with Gasteiger partial charge < -0.3 is 20.5 Å². The van der Waals surface area contributed by atoms with E-state index in [0.29, 0.717) is 25.3 Å². The number of aliphatic carboxylic acids is 1. The fourth-order valence-corrected chi connectivity index (χ4v) is 4.57. The highest BCUT2D eigenvalue weighted by atomic mass is 16.5. The first kappa shape index (κ1) is 23.8. The van der Waals surface area contributed by atoms with Crippen LogP contribution < -0.4 is 10.6 Å². The molecule has 1 fully saturated rings. The van der Waals surface area contributed by atoms with E-state index in [4.69, 9.17) is 9.84 Å². The Morgan fingerprint density at radius 2 is 1.65 bits per heavy atom. The Morgan fingerprint density at radius 1 is 1.03 bits per heavy atom. The molecule has 7 nitrogen and oxygen atoms in total. The van der Waals surface area contributed by atoms with Gasteiger partial charge in [-0.15, -0.1) is 0 Å². The minimum atomic E-state index is -0.846. The molecule has 0 aliphatic heterocycles. The lowest BCUT2D eigenvalue weighted by Gasteiger charge is -2.20. The third kappa shape index (κ3) is 5.95. The smallest absolute Gasteiger partial charge is 0.407 e. The molecule has 0 saturated heterocycles. The van der Waals surface area contributed by atoms with Crippen molar-refractivity contribution in [2.24, 2.45) is 11.8 Å². The van der Waals surface area contributed by atoms with E-state index in [-0.39, 0.29) is 30.8 Å². The van der Waals surface area contributed by atoms with E-state index in [9.17, 15) is 14.4 Å². The zero-order chi connectivity index (χ0) is 24.1. The zero-order valence-corrected chi connectivity index (χ0v) is 19.5. The van der Waals surface area contributed by atoms with Gasteiger partial charge in [-0.05, 0) is 46.9 Å². The Hall–Kier alpha value is -3.35. The molecule has 2 aromatic rings. The van der Waals surface area contributed by atoms with Crippen LogP contribution in [0.25, 0.3) is 11.1 Å². The lowest BCUT2D eigenvalue weighted by Crippen LogP contribution is -2.48. The Balaban J connectivity index is 1.33. The number of ether oxygens (including phenoxy) is 1. The van der Waals surface area contributed by atoms with Crippen LogP contribution in [0.15, 0.2) is 48.5 Å². The second-order valence-electron chi connectivity index (χ2n) is 9.48. The third-order valence-electron chi connectivity index (χ3n) is 6.69. The molecule has 2 atom stereocenters. The first-order chi connectivity index (χ1) is 16.4. The molecule has 0 radical (unpaired) electrons. The first-order valence-electron chi connectivity index (χ1n) is 12.0. The van der Waals surface area contributed by atoms with Crippen LogP contribution in [-0.4, -0.2) is 42.3 Å². The summed E-state index contributed by atoms with van der Waals surface area (Å²) >= 11 is 0. The molecule has 1 unspecified atom stereocenters. The fourth-order valence-electron chi connectivity index (χ4n) is 4.57. The van der Waals surface area contributed by atoms with Crippen LogP contribution in [0.3, 0.4) is 0 Å². The van der Waals surface area contributed by atoms with Gasteiger partial charge in [0, 0.05) is 18.9 Å². The van der Waals surface area contributed by atoms with Crippen molar-refractivity contribution in [1.29, 1.82) is 0 Å². The summed E-state index contributed by atoms with van der Waals surface area (Å²) in [5.41, 5.74) is 4.60. The van der Waals surface area contributed by atoms with Crippen LogP contribution in [0.4, 0.5) is 4.79 Å². The normalized spacial score (nSPS) is 16.1. The lowest BCUT2D eigenvalue weighted by atomic mass is 9.98. The van der Waals surface area contributed by atoms with Crippen molar-refractivity contribution >= 4 is 18.0 Å². The summed E-state index contributed by atoms with van der Waals surface area (Å²) in [6.45, 7) is 2.47. The molecule has 34 heavy (non-hydrogen) atoms. The number of carbonyl (C=O) groups excluding carboxylic acids is 2. The van der Waals surface area contributed by atoms with Gasteiger partial charge in [-0.2, -0.15) is 0 Å². The molecule has 2 amide bonds. The number of hydrogen-bond donors (Lipinski definition) is 3. The van der Waals surface area contributed by atoms with Gasteiger partial charge in [0.15, 0.2) is 0 Å². The monoisotopic (exact) mass is 464 g/mol. The Bertz CT molecular complexity index is 1000. The van der Waals surface area contributed by atoms with Crippen molar-refractivity contribution in [2.45, 2.75) is 51.0 Å². The first-order valence-corrected chi connectivity index (χ1v) is 12.0. The van der Waals surface area contributed by atoms with Gasteiger partial charge >= 0.3 is 12.1 Å². The molecular weight excluding hydrogens is 432 g/mol. The SMILES string of the molecule is CC(CCC(=O)O)CNC(=O)[C@H](CC1CC1)NC(=O)OCC1c2ccccc2-c2ccccc21. The molecule has 0 heterocycles. The summed E-state index contributed by atoms with van der Waals surface area (Å²) in [6, 6.07) is 15.6. The van der Waals surface area contributed by atoms with Crippen LogP contribution in [0.1, 0.15) is 56.1 Å². The van der Waals surface area contributed by atoms with Crippen molar-refractivity contribution in [2.75, 3.05) is 13.2 Å². The van der Waals surface area contributed by atoms with E-state index in [1.165, 1.54) is 0 Å². The molecule has 4 rings (SSSR count). The quantitative estimate of drug-likeness (QED) is 0.460. The molecule has 7 heteroatoms. The second-order valence-corrected chi connectivity index (χ2v) is 9.48. The van der Waals surface area contributed by atoms with Crippen LogP contribution in [0, 0.1) is 11.8 Å². The zero-order valence-electron chi connectivity index (χ0n) is 19.5. The van der Waals surface area contributed by atoms with E-state index >= 15 is 0 Å². The van der Waals surface area contributed by atoms with Gasteiger partial charge in [0.1, 0.15) is 12.6 Å². The van der Waals surface area contributed by atoms with Crippen molar-refractivity contribution in [1.82, 2.24) is 10.6 Å². The predicted molar refractivity (Wildman–Crippen MR) is 128 cm³/mol. The molecule has 0 spiro atoms. The number of carbonyl (C=O) groups is 3. The van der Waals surface area contributed by atoms with Crippen LogP contribution in [0.5, 0.6) is 0 Å². The maximum absolute atomic E-state index is 12.8. The fraction of sp³-hybridized carbons (Fsp3) is 0.444. The predicted octanol–water partition coefficient (Wildman–Crippen LogP) is 4.31. The summed E-state index contributed by atoms with van der Waals surface area (Å²) < 4.78 is 5.62. The molecule has 0 bridgehead atoms. The van der Waals surface area contributed by atoms with Gasteiger partial charge in [0.25, 0.3) is 0 Å². The number of alkyl carbamates (subject to hydrolysis) is 1. The lowest BCUT2D eigenvalue weighted by molar-refractivity contribution is -0.137. The summed E-state index contributed by atoms with van der Waals surface area (Å²) in [7, 11) is 0. The van der Waals surface area contributed by atoms with Crippen molar-refractivity contribution in [3.63, 3.8) is 0 Å². The maximum Gasteiger partial charge on any atom is 0.407 e. The van der Waals surface area contributed by atoms with Crippen LogP contribution in [0.2, 0.25) is 0 Å². The highest BCUT2D eigenvalue weighted by Crippen LogP contribution is 2.44. The van der Waals surface area contributed by atoms with Gasteiger partial charge in [0.2, 0.25) is 5.91 Å². The van der Waals surface area contributed by atoms with Gasteiger partial charge in [-0.25, -0.2) is 4.79 Å². The summed E-state index contributed by atoms with van der Waals surface area (Å²) in [6.07, 6.45) is 2.67. The number of carboxylic acid groups (broad SMARTS) is 1. The minimum Gasteiger partial charge on any atom is -0.481 e. The average Bonchev–Trinajstić information content (AvgIpc) is 3.60. The standard InChI is InChI=1S/C27H32N2O5/c1-17(10-13-25(30)31)15-28-26(32)24(14-18-11-12-18)29-27(33)34-16-23-21-8-4-2-6-19(21)20-7-3-5-9-22(20)23/h2-9,17-18,23-24H,10-16H2,1H3,(H,28,32)(H,29,33)(H,30,31)/t17?,24-/m0/s1. The number of hydrogen-bond acceptors (Lipinski definition) is 4. The second kappa shape index (κ2) is 10.7. The Morgan fingerprint density at radius 3 is 2.24 bits per heavy atom. The van der Waals surface area contributed by atoms with E-state index in [1.54, 1.807) is 0 Å². The number of nitrogens with one attached hydrogen (secondary N) is 2. The molecule has 1 saturated carbocycles. The molecule has 2 aliphatic rings. The highest BCUT2D eigenvalue weighted by Gasteiger charge is 2.32. The molecule has 180 valence electrons. The summed E-state index contributed by atoms with van der Waals surface area (Å²) in [5, 5.41) is 14.5. The summed E-state index contributed by atoms with van der Waals surface area (Å²) in [4.78, 5) is 36.2. The molecule has 0 aromatic heterocycles. The summed E-state index contributed by atoms with van der Waals surface area (Å²) in [5.74, 6) is -0.654. The van der Waals surface area contributed by atoms with Crippen LogP contribution in [-0.2, 0) is 14.3 Å². The van der Waals surface area contributed by atoms with E-state index in [1.807, 2.05) is 31.2 Å². The van der Waals surface area contributed by atoms with Crippen molar-refractivity contribution in [3.8, 4) is 11.1 Å². The number of fused-ring (bicyclic) bond motifs is 3. The highest BCUT2D eigenvalue weighted by molar-refractivity contribution is 5.85. The number of rotatable bonds is 11. The van der Waals surface area contributed by atoms with Gasteiger partial charge in [-0.3, -0.25) is 9.59 Å². The van der Waals surface area contributed by atoms with Crippen LogP contribution >= 0.6 is 0 Å². The topological polar surface area (TPSA) is 105 Å². The molecule has 2 aromatic carbocycles. The largest absolute Gasteiger partial charge is 0.481 e. The molecular formula is C27H32N2O5. The van der Waals surface area contributed by atoms with Gasteiger partial charge in [-0.1, -0.05) is 68.3 Å². The van der Waals surface area contributed by atoms with E-state index in [2.05, 4.69) is 34.9 Å². The minimum absolute atomic E-state index is 0.0380. The number of benzene rings is 2.